The highest BCUT2D eigenvalue weighted by molar-refractivity contribution is 5.40. The van der Waals surface area contributed by atoms with E-state index in [1.54, 1.807) is 0 Å². The molecule has 0 aromatic carbocycles. The standard InChI is InChI=1S/C8H14N2O/c1-2-6-11-7-3-5-10-8-9-4-1/h1-7H2. The van der Waals surface area contributed by atoms with Gasteiger partial charge in [-0.3, -0.25) is 0 Å². The molecule has 0 atom stereocenters. The molecule has 62 valence electrons. The fourth-order valence-corrected chi connectivity index (χ4v) is 0.893. The molecule has 0 unspecified atom stereocenters. The molecule has 3 nitrogen and oxygen atoms in total. The van der Waals surface area contributed by atoms with Crippen LogP contribution in [0.2, 0.25) is 0 Å². The molecule has 0 aromatic rings. The minimum absolute atomic E-state index is 0.795. The molecule has 1 aliphatic rings. The monoisotopic (exact) mass is 154 g/mol. The molecule has 0 saturated carbocycles. The van der Waals surface area contributed by atoms with Gasteiger partial charge in [-0.15, -0.1) is 0 Å². The Morgan fingerprint density at radius 1 is 0.909 bits per heavy atom. The van der Waals surface area contributed by atoms with E-state index in [0.29, 0.717) is 0 Å². The molecule has 0 bridgehead atoms. The van der Waals surface area contributed by atoms with E-state index >= 15 is 0 Å². The minimum atomic E-state index is 0.795. The molecule has 1 rings (SSSR count). The number of nitrogens with zero attached hydrogens (tertiary/aromatic N) is 2. The highest BCUT2D eigenvalue weighted by atomic mass is 16.5. The Morgan fingerprint density at radius 2 is 1.64 bits per heavy atom. The average Bonchev–Trinajstić information content (AvgIpc) is 2.08. The maximum absolute atomic E-state index is 5.34. The van der Waals surface area contributed by atoms with Crippen molar-refractivity contribution in [3.63, 3.8) is 0 Å². The van der Waals surface area contributed by atoms with Gasteiger partial charge in [0.15, 0.2) is 0 Å². The summed E-state index contributed by atoms with van der Waals surface area (Å²) >= 11 is 0. The van der Waals surface area contributed by atoms with Crippen LogP contribution in [-0.2, 0) is 4.74 Å². The van der Waals surface area contributed by atoms with Gasteiger partial charge in [-0.2, -0.15) is 0 Å². The van der Waals surface area contributed by atoms with Gasteiger partial charge in [0.25, 0.3) is 0 Å². The maximum Gasteiger partial charge on any atom is 0.0892 e. The third-order valence-corrected chi connectivity index (χ3v) is 1.51. The Balaban J connectivity index is 2.23. The third kappa shape index (κ3) is 4.71. The average molecular weight is 154 g/mol. The molecule has 0 saturated heterocycles. The van der Waals surface area contributed by atoms with Gasteiger partial charge in [-0.05, 0) is 19.3 Å². The summed E-state index contributed by atoms with van der Waals surface area (Å²) in [7, 11) is 0. The van der Waals surface area contributed by atoms with Gasteiger partial charge >= 0.3 is 0 Å². The van der Waals surface area contributed by atoms with E-state index in [0.717, 1.165) is 45.6 Å². The molecular formula is C8H14N2O. The number of hydrogen-bond donors (Lipinski definition) is 0. The number of hydrogen-bond acceptors (Lipinski definition) is 3. The van der Waals surface area contributed by atoms with Crippen LogP contribution in [0.15, 0.2) is 9.98 Å². The Labute approximate surface area is 67.2 Å². The fraction of sp³-hybridized carbons (Fsp3) is 0.875. The molecule has 0 N–H and O–H groups in total. The van der Waals surface area contributed by atoms with Crippen molar-refractivity contribution in [3.05, 3.63) is 0 Å². The van der Waals surface area contributed by atoms with E-state index in [9.17, 15) is 0 Å². The topological polar surface area (TPSA) is 34.0 Å². The molecule has 11 heavy (non-hydrogen) atoms. The molecule has 0 aromatic heterocycles. The van der Waals surface area contributed by atoms with E-state index in [2.05, 4.69) is 16.0 Å². The zero-order valence-corrected chi connectivity index (χ0v) is 6.75. The Kier molecular flexibility index (Phi) is 4.66. The Morgan fingerprint density at radius 3 is 2.55 bits per heavy atom. The Bertz CT molecular complexity index is 136. The second kappa shape index (κ2) is 6.08. The summed E-state index contributed by atoms with van der Waals surface area (Å²) in [6.07, 6.45) is 3.18. The van der Waals surface area contributed by atoms with Crippen LogP contribution >= 0.6 is 0 Å². The van der Waals surface area contributed by atoms with Crippen LogP contribution in [-0.4, -0.2) is 32.3 Å². The predicted octanol–water partition coefficient (Wildman–Crippen LogP) is 1.36. The molecule has 3 heteroatoms. The first-order valence-corrected chi connectivity index (χ1v) is 4.16. The summed E-state index contributed by atoms with van der Waals surface area (Å²) in [4.78, 5) is 7.98. The molecule has 1 heterocycles. The van der Waals surface area contributed by atoms with Crippen molar-refractivity contribution < 1.29 is 4.74 Å². The van der Waals surface area contributed by atoms with Gasteiger partial charge in [0.1, 0.15) is 0 Å². The van der Waals surface area contributed by atoms with Crippen LogP contribution < -0.4 is 0 Å². The number of ether oxygens (including phenoxy) is 1. The third-order valence-electron chi connectivity index (χ3n) is 1.51. The molecular weight excluding hydrogens is 140 g/mol. The first-order valence-electron chi connectivity index (χ1n) is 4.16. The van der Waals surface area contributed by atoms with E-state index in [4.69, 9.17) is 4.74 Å². The Hall–Kier alpha value is -0.660. The summed E-state index contributed by atoms with van der Waals surface area (Å²) in [5.41, 5.74) is 0. The lowest BCUT2D eigenvalue weighted by molar-refractivity contribution is 0.130. The molecule has 0 radical (unpaired) electrons. The zero-order chi connectivity index (χ0) is 7.78. The highest BCUT2D eigenvalue weighted by Crippen LogP contribution is 1.93. The van der Waals surface area contributed by atoms with Crippen molar-refractivity contribution >= 4 is 6.01 Å². The first-order chi connectivity index (χ1) is 5.50. The van der Waals surface area contributed by atoms with Crippen molar-refractivity contribution in [2.45, 2.75) is 19.3 Å². The number of rotatable bonds is 0. The summed E-state index contributed by atoms with van der Waals surface area (Å²) < 4.78 is 5.34. The number of aliphatic imine (C=N–C) groups is 2. The van der Waals surface area contributed by atoms with Crippen molar-refractivity contribution in [3.8, 4) is 0 Å². The van der Waals surface area contributed by atoms with Crippen molar-refractivity contribution in [2.75, 3.05) is 26.3 Å². The smallest absolute Gasteiger partial charge is 0.0892 e. The molecule has 1 aliphatic heterocycles. The van der Waals surface area contributed by atoms with Crippen LogP contribution in [0.4, 0.5) is 0 Å². The van der Waals surface area contributed by atoms with Gasteiger partial charge in [0.2, 0.25) is 0 Å². The van der Waals surface area contributed by atoms with E-state index in [1.165, 1.54) is 0 Å². The zero-order valence-electron chi connectivity index (χ0n) is 6.75. The van der Waals surface area contributed by atoms with Gasteiger partial charge in [0.05, 0.1) is 12.6 Å². The lowest BCUT2D eigenvalue weighted by Crippen LogP contribution is -1.98. The van der Waals surface area contributed by atoms with Crippen LogP contribution in [0.25, 0.3) is 0 Å². The molecule has 0 fully saturated rings. The van der Waals surface area contributed by atoms with Crippen molar-refractivity contribution in [1.82, 2.24) is 0 Å². The molecule has 0 aliphatic carbocycles. The van der Waals surface area contributed by atoms with Crippen molar-refractivity contribution in [2.24, 2.45) is 9.98 Å². The minimum Gasteiger partial charge on any atom is -0.381 e. The van der Waals surface area contributed by atoms with Crippen LogP contribution in [0.5, 0.6) is 0 Å². The summed E-state index contributed by atoms with van der Waals surface area (Å²) in [6.45, 7) is 3.33. The van der Waals surface area contributed by atoms with Gasteiger partial charge in [-0.1, -0.05) is 0 Å². The second-order valence-electron chi connectivity index (χ2n) is 2.54. The normalized spacial score (nSPS) is 21.1. The lowest BCUT2D eigenvalue weighted by Gasteiger charge is -1.99. The summed E-state index contributed by atoms with van der Waals surface area (Å²) in [5.74, 6) is 0. The summed E-state index contributed by atoms with van der Waals surface area (Å²) in [6, 6.07) is 2.68. The highest BCUT2D eigenvalue weighted by Gasteiger charge is 1.90. The predicted molar refractivity (Wildman–Crippen MR) is 44.3 cm³/mol. The molecule has 0 spiro atoms. The van der Waals surface area contributed by atoms with Crippen LogP contribution in [0, 0.1) is 0 Å². The van der Waals surface area contributed by atoms with Crippen LogP contribution in [0.1, 0.15) is 19.3 Å². The molecule has 0 amide bonds. The van der Waals surface area contributed by atoms with E-state index in [1.807, 2.05) is 0 Å². The lowest BCUT2D eigenvalue weighted by atomic mass is 10.3. The maximum atomic E-state index is 5.34. The first kappa shape index (κ1) is 8.44. The largest absolute Gasteiger partial charge is 0.381 e. The van der Waals surface area contributed by atoms with Crippen LogP contribution in [0.3, 0.4) is 0 Å². The second-order valence-corrected chi connectivity index (χ2v) is 2.54. The van der Waals surface area contributed by atoms with E-state index in [-0.39, 0.29) is 0 Å². The summed E-state index contributed by atoms with van der Waals surface area (Å²) in [5, 5.41) is 0. The van der Waals surface area contributed by atoms with Crippen molar-refractivity contribution in [1.29, 1.82) is 0 Å². The van der Waals surface area contributed by atoms with Gasteiger partial charge < -0.3 is 4.74 Å². The van der Waals surface area contributed by atoms with E-state index < -0.39 is 0 Å². The SMILES string of the molecule is C1=NCCCCOCCCN=1. The fourth-order valence-electron chi connectivity index (χ4n) is 0.893. The quantitative estimate of drug-likeness (QED) is 0.518. The van der Waals surface area contributed by atoms with Gasteiger partial charge in [0, 0.05) is 19.8 Å². The van der Waals surface area contributed by atoms with Gasteiger partial charge in [-0.25, -0.2) is 9.98 Å².